The maximum absolute atomic E-state index is 6.41. The number of hydrogen-bond acceptors (Lipinski definition) is 6. The summed E-state index contributed by atoms with van der Waals surface area (Å²) in [5.74, 6) is 2.52. The number of hydrogen-bond donors (Lipinski definition) is 1. The summed E-state index contributed by atoms with van der Waals surface area (Å²) >= 11 is 14.3. The summed E-state index contributed by atoms with van der Waals surface area (Å²) in [5.41, 5.74) is 2.44. The number of morpholine rings is 1. The molecule has 0 bridgehead atoms. The van der Waals surface area contributed by atoms with Gasteiger partial charge in [-0.1, -0.05) is 36.2 Å². The van der Waals surface area contributed by atoms with Crippen LogP contribution in [0.3, 0.4) is 0 Å². The van der Waals surface area contributed by atoms with E-state index in [1.54, 1.807) is 6.07 Å². The minimum absolute atomic E-state index is 0.597. The molecule has 1 aliphatic carbocycles. The number of rotatable bonds is 5. The van der Waals surface area contributed by atoms with Crippen molar-refractivity contribution in [3.05, 3.63) is 50.1 Å². The van der Waals surface area contributed by atoms with Crippen LogP contribution in [0.15, 0.2) is 18.2 Å². The summed E-state index contributed by atoms with van der Waals surface area (Å²) in [5, 5.41) is 6.08. The normalized spacial score (nSPS) is 19.5. The fraction of sp³-hybridized carbons (Fsp3) is 0.478. The average Bonchev–Trinajstić information content (AvgIpc) is 3.11. The van der Waals surface area contributed by atoms with Crippen LogP contribution in [0, 0.1) is 5.92 Å². The molecule has 0 unspecified atom stereocenters. The first-order valence-corrected chi connectivity index (χ1v) is 12.4. The second-order valence-corrected chi connectivity index (χ2v) is 10.4. The lowest BCUT2D eigenvalue weighted by Crippen LogP contribution is -2.36. The maximum atomic E-state index is 6.41. The van der Waals surface area contributed by atoms with Crippen LogP contribution < -0.4 is 5.32 Å². The Balaban J connectivity index is 1.49. The Morgan fingerprint density at radius 2 is 2.06 bits per heavy atom. The van der Waals surface area contributed by atoms with Crippen molar-refractivity contribution in [1.29, 1.82) is 0 Å². The van der Waals surface area contributed by atoms with Gasteiger partial charge in [-0.15, -0.1) is 11.3 Å². The van der Waals surface area contributed by atoms with Crippen molar-refractivity contribution in [2.45, 2.75) is 39.3 Å². The average molecular weight is 477 g/mol. The summed E-state index contributed by atoms with van der Waals surface area (Å²) in [6.45, 7) is 7.06. The lowest BCUT2D eigenvalue weighted by atomic mass is 9.89. The first kappa shape index (κ1) is 21.4. The number of halogens is 2. The highest BCUT2D eigenvalue weighted by Gasteiger charge is 2.24. The molecule has 31 heavy (non-hydrogen) atoms. The van der Waals surface area contributed by atoms with Crippen molar-refractivity contribution in [1.82, 2.24) is 14.9 Å². The monoisotopic (exact) mass is 476 g/mol. The van der Waals surface area contributed by atoms with E-state index in [-0.39, 0.29) is 0 Å². The van der Waals surface area contributed by atoms with E-state index in [0.717, 1.165) is 73.6 Å². The van der Waals surface area contributed by atoms with Gasteiger partial charge < -0.3 is 10.1 Å². The van der Waals surface area contributed by atoms with E-state index in [4.69, 9.17) is 37.9 Å². The van der Waals surface area contributed by atoms with E-state index in [1.807, 2.05) is 23.5 Å². The molecule has 8 heteroatoms. The first-order chi connectivity index (χ1) is 15.1. The summed E-state index contributed by atoms with van der Waals surface area (Å²) in [6, 6.07) is 5.63. The van der Waals surface area contributed by atoms with Gasteiger partial charge in [0.1, 0.15) is 16.5 Å². The number of ether oxygens (including phenoxy) is 1. The summed E-state index contributed by atoms with van der Waals surface area (Å²) < 4.78 is 5.49. The van der Waals surface area contributed by atoms with E-state index >= 15 is 0 Å². The Kier molecular flexibility index (Phi) is 6.35. The van der Waals surface area contributed by atoms with Gasteiger partial charge in [-0.3, -0.25) is 4.90 Å². The number of fused-ring (bicyclic) bond motifs is 3. The Labute approximate surface area is 196 Å². The highest BCUT2D eigenvalue weighted by molar-refractivity contribution is 7.19. The molecule has 3 aromatic rings. The van der Waals surface area contributed by atoms with Gasteiger partial charge >= 0.3 is 0 Å². The second kappa shape index (κ2) is 9.20. The van der Waals surface area contributed by atoms with Crippen molar-refractivity contribution in [3.63, 3.8) is 0 Å². The van der Waals surface area contributed by atoms with Gasteiger partial charge in [-0.25, -0.2) is 9.97 Å². The number of aromatic nitrogens is 2. The Morgan fingerprint density at radius 3 is 2.87 bits per heavy atom. The molecule has 2 aromatic heterocycles. The molecule has 5 nitrogen and oxygen atoms in total. The van der Waals surface area contributed by atoms with Gasteiger partial charge in [0.15, 0.2) is 0 Å². The molecule has 1 fully saturated rings. The highest BCUT2D eigenvalue weighted by atomic mass is 35.5. The van der Waals surface area contributed by atoms with E-state index in [1.165, 1.54) is 22.2 Å². The fourth-order valence-corrected chi connectivity index (χ4v) is 6.27. The summed E-state index contributed by atoms with van der Waals surface area (Å²) in [7, 11) is 0. The maximum Gasteiger partial charge on any atom is 0.146 e. The number of nitrogens with zero attached hydrogens (tertiary/aromatic N) is 3. The lowest BCUT2D eigenvalue weighted by molar-refractivity contribution is 0.0331. The second-order valence-electron chi connectivity index (χ2n) is 8.50. The molecule has 1 saturated heterocycles. The Hall–Kier alpha value is -1.44. The van der Waals surface area contributed by atoms with Crippen LogP contribution in [-0.4, -0.2) is 41.2 Å². The van der Waals surface area contributed by atoms with E-state index in [2.05, 4.69) is 17.1 Å². The van der Waals surface area contributed by atoms with Gasteiger partial charge in [0.25, 0.3) is 0 Å². The molecule has 1 atom stereocenters. The largest absolute Gasteiger partial charge is 0.379 e. The molecular formula is C23H26Cl2N4OS. The molecular weight excluding hydrogens is 451 g/mol. The van der Waals surface area contributed by atoms with E-state index in [9.17, 15) is 0 Å². The molecule has 164 valence electrons. The molecule has 3 heterocycles. The number of nitrogens with one attached hydrogen (secondary N) is 1. The number of aryl methyl sites for hydroxylation is 1. The molecule has 2 aliphatic rings. The minimum Gasteiger partial charge on any atom is -0.379 e. The zero-order valence-electron chi connectivity index (χ0n) is 17.6. The third-order valence-electron chi connectivity index (χ3n) is 6.13. The van der Waals surface area contributed by atoms with Crippen LogP contribution in [0.25, 0.3) is 10.2 Å². The van der Waals surface area contributed by atoms with Crippen LogP contribution in [0.2, 0.25) is 10.0 Å². The third kappa shape index (κ3) is 4.69. The number of thiophene rings is 1. The standard InChI is InChI=1S/C23H26Cl2N4OS/c1-14-2-5-17-19(10-14)31-23-21(17)22(26-12-15-3-4-16(24)11-18(15)25)27-20(28-23)13-29-6-8-30-9-7-29/h3-4,11,14H,2,5-10,12-13H2,1H3,(H,26,27,28)/t14-/m1/s1. The number of benzene rings is 1. The van der Waals surface area contributed by atoms with E-state index < -0.39 is 0 Å². The minimum atomic E-state index is 0.597. The molecule has 0 amide bonds. The molecule has 0 saturated carbocycles. The molecule has 1 aromatic carbocycles. The van der Waals surface area contributed by atoms with E-state index in [0.29, 0.717) is 16.6 Å². The Morgan fingerprint density at radius 1 is 1.23 bits per heavy atom. The SMILES string of the molecule is C[C@@H]1CCc2c(sc3nc(CN4CCOCC4)nc(NCc4ccc(Cl)cc4Cl)c23)C1. The number of anilines is 1. The van der Waals surface area contributed by atoms with Crippen LogP contribution in [0.4, 0.5) is 5.82 Å². The van der Waals surface area contributed by atoms with Crippen molar-refractivity contribution in [3.8, 4) is 0 Å². The zero-order chi connectivity index (χ0) is 21.4. The first-order valence-electron chi connectivity index (χ1n) is 10.9. The predicted octanol–water partition coefficient (Wildman–Crippen LogP) is 5.57. The smallest absolute Gasteiger partial charge is 0.146 e. The molecule has 1 N–H and O–H groups in total. The van der Waals surface area contributed by atoms with Gasteiger partial charge in [0.2, 0.25) is 0 Å². The predicted molar refractivity (Wildman–Crippen MR) is 128 cm³/mol. The van der Waals surface area contributed by atoms with Crippen molar-refractivity contribution < 1.29 is 4.74 Å². The van der Waals surface area contributed by atoms with Crippen molar-refractivity contribution in [2.24, 2.45) is 5.92 Å². The molecule has 0 radical (unpaired) electrons. The lowest BCUT2D eigenvalue weighted by Gasteiger charge is -2.26. The fourth-order valence-electron chi connectivity index (χ4n) is 4.39. The highest BCUT2D eigenvalue weighted by Crippen LogP contribution is 2.40. The topological polar surface area (TPSA) is 50.3 Å². The molecule has 5 rings (SSSR count). The van der Waals surface area contributed by atoms with Crippen molar-refractivity contribution >= 4 is 50.6 Å². The van der Waals surface area contributed by atoms with Gasteiger partial charge in [-0.05, 0) is 48.4 Å². The Bertz CT molecular complexity index is 1100. The van der Waals surface area contributed by atoms with Crippen LogP contribution >= 0.6 is 34.5 Å². The quantitative estimate of drug-likeness (QED) is 0.521. The van der Waals surface area contributed by atoms with Crippen LogP contribution in [0.5, 0.6) is 0 Å². The summed E-state index contributed by atoms with van der Waals surface area (Å²) in [6.07, 6.45) is 3.45. The zero-order valence-corrected chi connectivity index (χ0v) is 19.9. The summed E-state index contributed by atoms with van der Waals surface area (Å²) in [4.78, 5) is 14.9. The van der Waals surface area contributed by atoms with Gasteiger partial charge in [-0.2, -0.15) is 0 Å². The van der Waals surface area contributed by atoms with Crippen molar-refractivity contribution in [2.75, 3.05) is 31.6 Å². The van der Waals surface area contributed by atoms with Crippen LogP contribution in [0.1, 0.15) is 35.2 Å². The third-order valence-corrected chi connectivity index (χ3v) is 7.87. The van der Waals surface area contributed by atoms with Crippen LogP contribution in [-0.2, 0) is 30.7 Å². The molecule has 1 aliphatic heterocycles. The van der Waals surface area contributed by atoms with Gasteiger partial charge in [0, 0.05) is 34.6 Å². The van der Waals surface area contributed by atoms with Gasteiger partial charge in [0.05, 0.1) is 25.1 Å². The molecule has 0 spiro atoms.